The van der Waals surface area contributed by atoms with Crippen molar-refractivity contribution in [3.8, 4) is 0 Å². The highest BCUT2D eigenvalue weighted by atomic mass is 16.2. The highest BCUT2D eigenvalue weighted by Crippen LogP contribution is 2.10. The third-order valence-corrected chi connectivity index (χ3v) is 2.76. The minimum Gasteiger partial charge on any atom is -0.348 e. The van der Waals surface area contributed by atoms with Crippen molar-refractivity contribution in [2.45, 2.75) is 0 Å². The van der Waals surface area contributed by atoms with E-state index in [0.717, 1.165) is 4.90 Å². The summed E-state index contributed by atoms with van der Waals surface area (Å²) < 4.78 is 1.66. The lowest BCUT2D eigenvalue weighted by molar-refractivity contribution is -0.125. The molecule has 0 aliphatic carbocycles. The van der Waals surface area contributed by atoms with Crippen LogP contribution in [0.1, 0.15) is 10.5 Å². The molecule has 1 aromatic rings. The van der Waals surface area contributed by atoms with Crippen molar-refractivity contribution in [2.75, 3.05) is 20.1 Å². The van der Waals surface area contributed by atoms with Crippen LogP contribution in [-0.4, -0.2) is 52.2 Å². The number of carbonyl (C=O) groups is 3. The fourth-order valence-electron chi connectivity index (χ4n) is 1.80. The molecule has 17 heavy (non-hydrogen) atoms. The zero-order valence-electron chi connectivity index (χ0n) is 9.71. The van der Waals surface area contributed by atoms with E-state index >= 15 is 0 Å². The zero-order chi connectivity index (χ0) is 12.6. The van der Waals surface area contributed by atoms with Gasteiger partial charge >= 0.3 is 6.03 Å². The number of likely N-dealkylation sites (N-methyl/N-ethyl adjacent to an activating group) is 1. The first kappa shape index (κ1) is 11.4. The minimum absolute atomic E-state index is 0.0409. The first-order chi connectivity index (χ1) is 8.00. The summed E-state index contributed by atoms with van der Waals surface area (Å²) in [5.41, 5.74) is 0.486. The van der Waals surface area contributed by atoms with Crippen LogP contribution in [0, 0.1) is 0 Å². The molecule has 1 aliphatic heterocycles. The van der Waals surface area contributed by atoms with Gasteiger partial charge in [-0.3, -0.25) is 14.5 Å². The largest absolute Gasteiger partial charge is 0.348 e. The number of urea groups is 1. The second kappa shape index (κ2) is 4.04. The van der Waals surface area contributed by atoms with E-state index in [1.807, 2.05) is 0 Å². The molecule has 0 radical (unpaired) electrons. The summed E-state index contributed by atoms with van der Waals surface area (Å²) in [6.07, 6.45) is 1.74. The van der Waals surface area contributed by atoms with E-state index in [9.17, 15) is 14.4 Å². The highest BCUT2D eigenvalue weighted by molar-refractivity contribution is 6.07. The van der Waals surface area contributed by atoms with Gasteiger partial charge in [0.2, 0.25) is 0 Å². The lowest BCUT2D eigenvalue weighted by Crippen LogP contribution is -2.36. The molecule has 1 aromatic heterocycles. The Morgan fingerprint density at radius 3 is 2.53 bits per heavy atom. The zero-order valence-corrected chi connectivity index (χ0v) is 9.71. The normalized spacial score (nSPS) is 15.9. The highest BCUT2D eigenvalue weighted by Gasteiger charge is 2.35. The maximum atomic E-state index is 11.9. The number of amides is 3. The summed E-state index contributed by atoms with van der Waals surface area (Å²) in [6, 6.07) is 2.99. The number of Topliss-reactive ketones (excluding diaryl/α,β-unsaturated/α-hetero) is 1. The number of rotatable bonds is 3. The SMILES string of the molecule is CN1CC(=O)N(CC(=O)c2cccn2C)C1=O. The molecule has 0 N–H and O–H groups in total. The summed E-state index contributed by atoms with van der Waals surface area (Å²) in [6.45, 7) is -0.154. The number of nitrogens with zero attached hydrogens (tertiary/aromatic N) is 3. The molecule has 2 heterocycles. The van der Waals surface area contributed by atoms with Crippen molar-refractivity contribution in [3.05, 3.63) is 24.0 Å². The molecule has 2 rings (SSSR count). The monoisotopic (exact) mass is 235 g/mol. The summed E-state index contributed by atoms with van der Waals surface area (Å²) in [4.78, 5) is 37.2. The Balaban J connectivity index is 2.12. The van der Waals surface area contributed by atoms with E-state index in [-0.39, 0.29) is 24.8 Å². The van der Waals surface area contributed by atoms with E-state index in [1.54, 1.807) is 29.9 Å². The number of imide groups is 1. The van der Waals surface area contributed by atoms with Crippen LogP contribution in [0.4, 0.5) is 4.79 Å². The molecule has 0 aromatic carbocycles. The van der Waals surface area contributed by atoms with Crippen LogP contribution in [0.3, 0.4) is 0 Å². The summed E-state index contributed by atoms with van der Waals surface area (Å²) in [5, 5.41) is 0. The van der Waals surface area contributed by atoms with Crippen molar-refractivity contribution in [1.29, 1.82) is 0 Å². The Morgan fingerprint density at radius 1 is 1.35 bits per heavy atom. The smallest absolute Gasteiger partial charge is 0.327 e. The maximum Gasteiger partial charge on any atom is 0.327 e. The number of carbonyl (C=O) groups excluding carboxylic acids is 3. The predicted octanol–water partition coefficient (Wildman–Crippen LogP) is 0.102. The van der Waals surface area contributed by atoms with Gasteiger partial charge in [-0.05, 0) is 12.1 Å². The van der Waals surface area contributed by atoms with Crippen LogP contribution in [0.2, 0.25) is 0 Å². The van der Waals surface area contributed by atoms with E-state index in [2.05, 4.69) is 0 Å². The van der Waals surface area contributed by atoms with Crippen molar-refractivity contribution < 1.29 is 14.4 Å². The molecule has 0 saturated carbocycles. The van der Waals surface area contributed by atoms with Crippen molar-refractivity contribution in [3.63, 3.8) is 0 Å². The molecule has 3 amide bonds. The van der Waals surface area contributed by atoms with Gasteiger partial charge in [0.25, 0.3) is 5.91 Å². The summed E-state index contributed by atoms with van der Waals surface area (Å²) in [5.74, 6) is -0.574. The standard InChI is InChI=1S/C11H13N3O3/c1-12-5-3-4-8(12)9(15)6-14-10(16)7-13(2)11(14)17/h3-5H,6-7H2,1-2H3. The number of ketones is 1. The van der Waals surface area contributed by atoms with Gasteiger partial charge in [-0.15, -0.1) is 0 Å². The third-order valence-electron chi connectivity index (χ3n) is 2.76. The van der Waals surface area contributed by atoms with E-state index in [1.165, 1.54) is 11.9 Å². The molecule has 0 bridgehead atoms. The predicted molar refractivity (Wildman–Crippen MR) is 59.5 cm³/mol. The fourth-order valence-corrected chi connectivity index (χ4v) is 1.80. The molecular formula is C11H13N3O3. The first-order valence-corrected chi connectivity index (χ1v) is 5.20. The number of aromatic nitrogens is 1. The van der Waals surface area contributed by atoms with E-state index in [0.29, 0.717) is 5.69 Å². The number of hydrogen-bond acceptors (Lipinski definition) is 3. The molecule has 90 valence electrons. The van der Waals surface area contributed by atoms with Crippen molar-refractivity contribution in [1.82, 2.24) is 14.4 Å². The Bertz CT molecular complexity index is 492. The Hall–Kier alpha value is -2.11. The Morgan fingerprint density at radius 2 is 2.06 bits per heavy atom. The third kappa shape index (κ3) is 1.93. The molecule has 0 spiro atoms. The molecule has 0 atom stereocenters. The molecular weight excluding hydrogens is 222 g/mol. The van der Waals surface area contributed by atoms with Crippen molar-refractivity contribution >= 4 is 17.7 Å². The van der Waals surface area contributed by atoms with Crippen LogP contribution >= 0.6 is 0 Å². The lowest BCUT2D eigenvalue weighted by Gasteiger charge is -2.13. The molecule has 0 unspecified atom stereocenters. The average molecular weight is 235 g/mol. The minimum atomic E-state index is -0.419. The van der Waals surface area contributed by atoms with Crippen LogP contribution in [0.5, 0.6) is 0 Å². The van der Waals surface area contributed by atoms with Gasteiger partial charge in [0.15, 0.2) is 5.78 Å². The number of hydrogen-bond donors (Lipinski definition) is 0. The molecule has 1 aliphatic rings. The van der Waals surface area contributed by atoms with Crippen LogP contribution in [-0.2, 0) is 11.8 Å². The Kier molecular flexibility index (Phi) is 2.71. The number of aryl methyl sites for hydroxylation is 1. The van der Waals surface area contributed by atoms with E-state index < -0.39 is 6.03 Å². The second-order valence-corrected chi connectivity index (χ2v) is 4.05. The lowest BCUT2D eigenvalue weighted by atomic mass is 10.2. The molecule has 6 heteroatoms. The summed E-state index contributed by atoms with van der Waals surface area (Å²) >= 11 is 0. The van der Waals surface area contributed by atoms with Gasteiger partial charge in [-0.1, -0.05) is 0 Å². The molecule has 6 nitrogen and oxygen atoms in total. The van der Waals surface area contributed by atoms with Crippen LogP contribution in [0.25, 0.3) is 0 Å². The van der Waals surface area contributed by atoms with E-state index in [4.69, 9.17) is 0 Å². The van der Waals surface area contributed by atoms with Gasteiger partial charge in [0.05, 0.1) is 12.2 Å². The van der Waals surface area contributed by atoms with Crippen molar-refractivity contribution in [2.24, 2.45) is 7.05 Å². The van der Waals surface area contributed by atoms with Gasteiger partial charge < -0.3 is 9.47 Å². The average Bonchev–Trinajstić information content (AvgIpc) is 2.78. The maximum absolute atomic E-state index is 11.9. The molecule has 1 fully saturated rings. The quantitative estimate of drug-likeness (QED) is 0.551. The molecule has 1 saturated heterocycles. The Labute approximate surface area is 98.4 Å². The van der Waals surface area contributed by atoms with Gasteiger partial charge in [0, 0.05) is 20.3 Å². The first-order valence-electron chi connectivity index (χ1n) is 5.20. The second-order valence-electron chi connectivity index (χ2n) is 4.05. The van der Waals surface area contributed by atoms with Crippen LogP contribution in [0.15, 0.2) is 18.3 Å². The van der Waals surface area contributed by atoms with Crippen LogP contribution < -0.4 is 0 Å². The van der Waals surface area contributed by atoms with Gasteiger partial charge in [0.1, 0.15) is 6.54 Å². The topological polar surface area (TPSA) is 62.6 Å². The van der Waals surface area contributed by atoms with Gasteiger partial charge in [-0.25, -0.2) is 4.79 Å². The summed E-state index contributed by atoms with van der Waals surface area (Å²) in [7, 11) is 3.28. The fraction of sp³-hybridized carbons (Fsp3) is 0.364. The van der Waals surface area contributed by atoms with Gasteiger partial charge in [-0.2, -0.15) is 0 Å².